The van der Waals surface area contributed by atoms with Crippen molar-refractivity contribution in [2.75, 3.05) is 26.4 Å². The number of phosphoric acid groups is 1. The summed E-state index contributed by atoms with van der Waals surface area (Å²) in [5.41, 5.74) is 5.32. The van der Waals surface area contributed by atoms with Gasteiger partial charge in [-0.25, -0.2) is 4.57 Å². The highest BCUT2D eigenvalue weighted by Crippen LogP contribution is 2.43. The zero-order valence-electron chi connectivity index (χ0n) is 29.3. The van der Waals surface area contributed by atoms with E-state index in [1.165, 1.54) is 77.0 Å². The summed E-state index contributed by atoms with van der Waals surface area (Å²) in [6.45, 7) is 3.66. The molecule has 46 heavy (non-hydrogen) atoms. The third kappa shape index (κ3) is 32.4. The zero-order chi connectivity index (χ0) is 34.0. The molecule has 0 rings (SSSR count). The van der Waals surface area contributed by atoms with Gasteiger partial charge in [-0.2, -0.15) is 0 Å². The number of carbonyl (C=O) groups is 2. The maximum absolute atomic E-state index is 12.5. The fraction of sp³-hybridized carbons (Fsp3) is 0.833. The van der Waals surface area contributed by atoms with Crippen LogP contribution in [-0.2, 0) is 32.7 Å². The summed E-state index contributed by atoms with van der Waals surface area (Å²) >= 11 is 0. The van der Waals surface area contributed by atoms with Crippen LogP contribution in [0.25, 0.3) is 0 Å². The summed E-state index contributed by atoms with van der Waals surface area (Å²) in [5, 5.41) is 0. The largest absolute Gasteiger partial charge is 0.472 e. The molecule has 0 radical (unpaired) electrons. The molecule has 2 atom stereocenters. The zero-order valence-corrected chi connectivity index (χ0v) is 30.2. The summed E-state index contributed by atoms with van der Waals surface area (Å²) in [4.78, 5) is 34.6. The van der Waals surface area contributed by atoms with Crippen LogP contribution in [0.4, 0.5) is 0 Å². The van der Waals surface area contributed by atoms with Gasteiger partial charge in [0.15, 0.2) is 6.10 Å². The second-order valence-electron chi connectivity index (χ2n) is 12.1. The van der Waals surface area contributed by atoms with Gasteiger partial charge < -0.3 is 20.1 Å². The van der Waals surface area contributed by atoms with Crippen LogP contribution in [0.1, 0.15) is 162 Å². The highest BCUT2D eigenvalue weighted by molar-refractivity contribution is 7.47. The van der Waals surface area contributed by atoms with Gasteiger partial charge in [0.2, 0.25) is 0 Å². The number of phosphoric ester groups is 1. The molecule has 0 saturated heterocycles. The molecule has 0 aliphatic rings. The first-order valence-corrected chi connectivity index (χ1v) is 19.8. The first-order valence-electron chi connectivity index (χ1n) is 18.3. The van der Waals surface area contributed by atoms with E-state index < -0.39 is 32.5 Å². The minimum atomic E-state index is -4.37. The molecule has 0 spiro atoms. The summed E-state index contributed by atoms with van der Waals surface area (Å²) in [5.74, 6) is -0.868. The Morgan fingerprint density at radius 1 is 0.652 bits per heavy atom. The molecule has 0 saturated carbocycles. The lowest BCUT2D eigenvalue weighted by Crippen LogP contribution is -2.29. The normalized spacial score (nSPS) is 13.7. The number of esters is 2. The Kier molecular flexibility index (Phi) is 32.3. The maximum Gasteiger partial charge on any atom is 0.472 e. The fourth-order valence-electron chi connectivity index (χ4n) is 4.84. The molecule has 0 bridgehead atoms. The lowest BCUT2D eigenvalue weighted by atomic mass is 10.1. The summed E-state index contributed by atoms with van der Waals surface area (Å²) in [6.07, 6.45) is 32.1. The Hall–Kier alpha value is -1.51. The van der Waals surface area contributed by atoms with Crippen molar-refractivity contribution in [3.8, 4) is 0 Å². The fourth-order valence-corrected chi connectivity index (χ4v) is 5.60. The van der Waals surface area contributed by atoms with Crippen molar-refractivity contribution in [2.24, 2.45) is 5.73 Å². The van der Waals surface area contributed by atoms with E-state index in [1.807, 2.05) is 0 Å². The number of nitrogens with two attached hydrogens (primary N) is 1. The van der Waals surface area contributed by atoms with E-state index in [9.17, 15) is 19.0 Å². The Morgan fingerprint density at radius 2 is 1.13 bits per heavy atom. The molecule has 0 aliphatic carbocycles. The Balaban J connectivity index is 4.28. The van der Waals surface area contributed by atoms with Crippen LogP contribution in [0, 0.1) is 0 Å². The molecule has 0 aromatic rings. The Morgan fingerprint density at radius 3 is 1.70 bits per heavy atom. The molecule has 0 heterocycles. The van der Waals surface area contributed by atoms with Crippen molar-refractivity contribution < 1.29 is 37.6 Å². The molecule has 0 amide bonds. The Bertz CT molecular complexity index is 820. The van der Waals surface area contributed by atoms with Crippen molar-refractivity contribution in [3.63, 3.8) is 0 Å². The number of hydrogen-bond acceptors (Lipinski definition) is 8. The van der Waals surface area contributed by atoms with Crippen LogP contribution < -0.4 is 5.73 Å². The molecule has 9 nitrogen and oxygen atoms in total. The molecular weight excluding hydrogens is 605 g/mol. The van der Waals surface area contributed by atoms with Crippen LogP contribution in [0.3, 0.4) is 0 Å². The Labute approximate surface area is 281 Å². The molecule has 270 valence electrons. The highest BCUT2D eigenvalue weighted by atomic mass is 31.2. The number of carbonyl (C=O) groups excluding carboxylic acids is 2. The average molecular weight is 674 g/mol. The van der Waals surface area contributed by atoms with Crippen LogP contribution >= 0.6 is 7.82 Å². The molecule has 0 aliphatic heterocycles. The van der Waals surface area contributed by atoms with E-state index in [0.717, 1.165) is 44.9 Å². The number of hydrogen-bond donors (Lipinski definition) is 2. The van der Waals surface area contributed by atoms with Crippen molar-refractivity contribution in [1.82, 2.24) is 0 Å². The van der Waals surface area contributed by atoms with Gasteiger partial charge in [-0.1, -0.05) is 128 Å². The second-order valence-corrected chi connectivity index (χ2v) is 13.5. The van der Waals surface area contributed by atoms with Crippen LogP contribution in [-0.4, -0.2) is 49.3 Å². The smallest absolute Gasteiger partial charge is 0.462 e. The average Bonchev–Trinajstić information content (AvgIpc) is 3.04. The van der Waals surface area contributed by atoms with Crippen molar-refractivity contribution in [1.29, 1.82) is 0 Å². The van der Waals surface area contributed by atoms with Gasteiger partial charge in [0.05, 0.1) is 13.2 Å². The van der Waals surface area contributed by atoms with E-state index in [4.69, 9.17) is 24.3 Å². The van der Waals surface area contributed by atoms with E-state index in [-0.39, 0.29) is 32.6 Å². The summed E-state index contributed by atoms with van der Waals surface area (Å²) in [7, 11) is -4.37. The molecule has 0 aromatic carbocycles. The van der Waals surface area contributed by atoms with E-state index in [0.29, 0.717) is 12.8 Å². The van der Waals surface area contributed by atoms with Gasteiger partial charge in [0, 0.05) is 19.4 Å². The minimum Gasteiger partial charge on any atom is -0.462 e. The van der Waals surface area contributed by atoms with Crippen LogP contribution in [0.2, 0.25) is 0 Å². The number of allylic oxidation sites excluding steroid dienone is 4. The number of rotatable bonds is 34. The SMILES string of the molecule is CCCCCCCC/C=C/C/C=C/CCCCC(=O)OC[C@@H](COP(=O)(O)OCCN)OC(=O)CCCCCCCCCCCC. The van der Waals surface area contributed by atoms with Gasteiger partial charge in [-0.15, -0.1) is 0 Å². The van der Waals surface area contributed by atoms with Gasteiger partial charge in [-0.3, -0.25) is 18.6 Å². The van der Waals surface area contributed by atoms with E-state index in [1.54, 1.807) is 0 Å². The van der Waals surface area contributed by atoms with Gasteiger partial charge >= 0.3 is 19.8 Å². The van der Waals surface area contributed by atoms with Gasteiger partial charge in [-0.05, 0) is 44.9 Å². The second kappa shape index (κ2) is 33.4. The summed E-state index contributed by atoms with van der Waals surface area (Å²) < 4.78 is 32.5. The van der Waals surface area contributed by atoms with Crippen LogP contribution in [0.15, 0.2) is 24.3 Å². The monoisotopic (exact) mass is 673 g/mol. The third-order valence-corrected chi connectivity index (χ3v) is 8.57. The van der Waals surface area contributed by atoms with Gasteiger partial charge in [0.25, 0.3) is 0 Å². The molecule has 0 fully saturated rings. The van der Waals surface area contributed by atoms with Crippen molar-refractivity contribution in [2.45, 2.75) is 168 Å². The van der Waals surface area contributed by atoms with Gasteiger partial charge in [0.1, 0.15) is 6.61 Å². The lowest BCUT2D eigenvalue weighted by molar-refractivity contribution is -0.161. The third-order valence-electron chi connectivity index (χ3n) is 7.59. The van der Waals surface area contributed by atoms with Crippen molar-refractivity contribution in [3.05, 3.63) is 24.3 Å². The first-order chi connectivity index (χ1) is 22.3. The predicted octanol–water partition coefficient (Wildman–Crippen LogP) is 9.66. The predicted molar refractivity (Wildman–Crippen MR) is 187 cm³/mol. The molecular formula is C36H68NO8P. The maximum atomic E-state index is 12.5. The molecule has 10 heteroatoms. The topological polar surface area (TPSA) is 134 Å². The highest BCUT2D eigenvalue weighted by Gasteiger charge is 2.25. The summed E-state index contributed by atoms with van der Waals surface area (Å²) in [6, 6.07) is 0. The quantitative estimate of drug-likeness (QED) is 0.0296. The number of ether oxygens (including phenoxy) is 2. The van der Waals surface area contributed by atoms with E-state index in [2.05, 4.69) is 38.2 Å². The molecule has 3 N–H and O–H groups in total. The number of unbranched alkanes of at least 4 members (excludes halogenated alkanes) is 17. The standard InChI is InChI=1S/C36H68NO8P/c1-3-5-7-9-11-13-15-16-17-18-19-21-22-24-26-28-35(38)42-32-34(33-44-46(40,41)43-31-30-37)45-36(39)29-27-25-23-20-14-12-10-8-6-4-2/h16-17,19,21,34H,3-15,18,20,22-33,37H2,1-2H3,(H,40,41)/b17-16+,21-19+/t34-/m0/s1. The first kappa shape index (κ1) is 44.5. The van der Waals surface area contributed by atoms with Crippen LogP contribution in [0.5, 0.6) is 0 Å². The lowest BCUT2D eigenvalue weighted by Gasteiger charge is -2.19. The van der Waals surface area contributed by atoms with Crippen molar-refractivity contribution >= 4 is 19.8 Å². The molecule has 0 aromatic heterocycles. The van der Waals surface area contributed by atoms with E-state index >= 15 is 0 Å². The minimum absolute atomic E-state index is 0.0505. The molecule has 1 unspecified atom stereocenters.